The third kappa shape index (κ3) is 2.15. The molecular weight excluding hydrogens is 242 g/mol. The summed E-state index contributed by atoms with van der Waals surface area (Å²) in [5.41, 5.74) is 0.621. The van der Waals surface area contributed by atoms with E-state index >= 15 is 0 Å². The second-order valence-electron chi connectivity index (χ2n) is 3.32. The largest absolute Gasteiger partial charge is 0.477 e. The molecule has 0 saturated heterocycles. The number of aryl methyl sites for hydroxylation is 1. The summed E-state index contributed by atoms with van der Waals surface area (Å²) in [7, 11) is 0. The first-order valence-corrected chi connectivity index (χ1v) is 6.69. The highest BCUT2D eigenvalue weighted by molar-refractivity contribution is 7.16. The standard InChI is InChI=1S/C11H11NO2S2/c1-2-4-8-12-9(7-5-3-6-15-7)10(16-8)11(13)14/h3,5-6H,2,4H2,1H3,(H,13,14). The summed E-state index contributed by atoms with van der Waals surface area (Å²) in [6.45, 7) is 2.06. The maximum absolute atomic E-state index is 11.1. The molecule has 0 aliphatic heterocycles. The molecule has 0 bridgehead atoms. The van der Waals surface area contributed by atoms with Crippen molar-refractivity contribution in [1.29, 1.82) is 0 Å². The lowest BCUT2D eigenvalue weighted by Gasteiger charge is -1.92. The molecule has 3 nitrogen and oxygen atoms in total. The van der Waals surface area contributed by atoms with Gasteiger partial charge in [-0.25, -0.2) is 9.78 Å². The third-order valence-corrected chi connectivity index (χ3v) is 4.06. The van der Waals surface area contributed by atoms with E-state index in [0.29, 0.717) is 10.6 Å². The van der Waals surface area contributed by atoms with Gasteiger partial charge in [-0.1, -0.05) is 13.0 Å². The van der Waals surface area contributed by atoms with E-state index in [1.807, 2.05) is 17.5 Å². The van der Waals surface area contributed by atoms with Gasteiger partial charge in [0.1, 0.15) is 10.6 Å². The Hall–Kier alpha value is -1.20. The molecule has 84 valence electrons. The summed E-state index contributed by atoms with van der Waals surface area (Å²) in [6, 6.07) is 3.81. The van der Waals surface area contributed by atoms with Gasteiger partial charge in [0, 0.05) is 0 Å². The molecule has 0 radical (unpaired) electrons. The number of thiazole rings is 1. The maximum Gasteiger partial charge on any atom is 0.348 e. The zero-order valence-corrected chi connectivity index (χ0v) is 10.4. The third-order valence-electron chi connectivity index (χ3n) is 2.08. The van der Waals surface area contributed by atoms with Gasteiger partial charge in [0.25, 0.3) is 0 Å². The van der Waals surface area contributed by atoms with Gasteiger partial charge in [-0.3, -0.25) is 0 Å². The SMILES string of the molecule is CCCc1nc(-c2cccs2)c(C(=O)O)s1. The number of rotatable bonds is 4. The van der Waals surface area contributed by atoms with Gasteiger partial charge in [0.2, 0.25) is 0 Å². The average Bonchev–Trinajstić information content (AvgIpc) is 2.83. The van der Waals surface area contributed by atoms with Gasteiger partial charge in [-0.15, -0.1) is 22.7 Å². The fourth-order valence-corrected chi connectivity index (χ4v) is 3.21. The Balaban J connectivity index is 2.46. The first kappa shape index (κ1) is 11.3. The number of carboxylic acid groups (broad SMARTS) is 1. The van der Waals surface area contributed by atoms with Crippen LogP contribution in [0.4, 0.5) is 0 Å². The molecule has 0 unspecified atom stereocenters. The van der Waals surface area contributed by atoms with Crippen LogP contribution >= 0.6 is 22.7 Å². The van der Waals surface area contributed by atoms with Crippen molar-refractivity contribution in [2.75, 3.05) is 0 Å². The van der Waals surface area contributed by atoms with Crippen LogP contribution < -0.4 is 0 Å². The lowest BCUT2D eigenvalue weighted by atomic mass is 10.3. The van der Waals surface area contributed by atoms with E-state index in [4.69, 9.17) is 5.11 Å². The van der Waals surface area contributed by atoms with E-state index in [-0.39, 0.29) is 0 Å². The fraction of sp³-hybridized carbons (Fsp3) is 0.273. The molecule has 5 heteroatoms. The van der Waals surface area contributed by atoms with Crippen LogP contribution in [0, 0.1) is 0 Å². The minimum Gasteiger partial charge on any atom is -0.477 e. The first-order chi connectivity index (χ1) is 7.72. The van der Waals surface area contributed by atoms with Crippen molar-refractivity contribution in [2.45, 2.75) is 19.8 Å². The molecule has 2 aromatic rings. The van der Waals surface area contributed by atoms with Gasteiger partial charge in [-0.05, 0) is 24.3 Å². The predicted molar refractivity (Wildman–Crippen MR) is 66.4 cm³/mol. The van der Waals surface area contributed by atoms with Gasteiger partial charge in [0.15, 0.2) is 0 Å². The smallest absolute Gasteiger partial charge is 0.348 e. The molecule has 0 aliphatic carbocycles. The topological polar surface area (TPSA) is 50.2 Å². The van der Waals surface area contributed by atoms with E-state index in [1.54, 1.807) is 0 Å². The van der Waals surface area contributed by atoms with Gasteiger partial charge >= 0.3 is 5.97 Å². The van der Waals surface area contributed by atoms with Crippen molar-refractivity contribution >= 4 is 28.6 Å². The minimum atomic E-state index is -0.886. The number of thiophene rings is 1. The summed E-state index contributed by atoms with van der Waals surface area (Å²) in [6.07, 6.45) is 1.83. The van der Waals surface area contributed by atoms with E-state index in [1.165, 1.54) is 22.7 Å². The van der Waals surface area contributed by atoms with Crippen LogP contribution in [0.25, 0.3) is 10.6 Å². The van der Waals surface area contributed by atoms with E-state index < -0.39 is 5.97 Å². The summed E-state index contributed by atoms with van der Waals surface area (Å²) >= 11 is 2.81. The maximum atomic E-state index is 11.1. The second kappa shape index (κ2) is 4.76. The van der Waals surface area contributed by atoms with Crippen molar-refractivity contribution in [3.8, 4) is 10.6 Å². The molecule has 0 aliphatic rings. The molecule has 0 saturated carbocycles. The summed E-state index contributed by atoms with van der Waals surface area (Å²) < 4.78 is 0. The monoisotopic (exact) mass is 253 g/mol. The van der Waals surface area contributed by atoms with Crippen LogP contribution in [0.5, 0.6) is 0 Å². The number of carbonyl (C=O) groups is 1. The predicted octanol–water partition coefficient (Wildman–Crippen LogP) is 3.52. The first-order valence-electron chi connectivity index (χ1n) is 4.99. The number of aromatic nitrogens is 1. The van der Waals surface area contributed by atoms with Gasteiger partial charge < -0.3 is 5.11 Å². The molecule has 2 heterocycles. The van der Waals surface area contributed by atoms with Gasteiger partial charge in [-0.2, -0.15) is 0 Å². The number of nitrogens with zero attached hydrogens (tertiary/aromatic N) is 1. The molecule has 0 atom stereocenters. The lowest BCUT2D eigenvalue weighted by molar-refractivity contribution is 0.0703. The summed E-state index contributed by atoms with van der Waals surface area (Å²) in [5.74, 6) is -0.886. The Morgan fingerprint density at radius 1 is 1.56 bits per heavy atom. The molecular formula is C11H11NO2S2. The molecule has 0 aromatic carbocycles. The number of hydrogen-bond donors (Lipinski definition) is 1. The van der Waals surface area contributed by atoms with Gasteiger partial charge in [0.05, 0.1) is 9.88 Å². The van der Waals surface area contributed by atoms with Crippen LogP contribution in [0.3, 0.4) is 0 Å². The highest BCUT2D eigenvalue weighted by atomic mass is 32.1. The quantitative estimate of drug-likeness (QED) is 0.907. The zero-order valence-electron chi connectivity index (χ0n) is 8.77. The highest BCUT2D eigenvalue weighted by Crippen LogP contribution is 2.31. The van der Waals surface area contributed by atoms with Crippen LogP contribution in [0.15, 0.2) is 17.5 Å². The average molecular weight is 253 g/mol. The van der Waals surface area contributed by atoms with Crippen LogP contribution in [0.1, 0.15) is 28.0 Å². The van der Waals surface area contributed by atoms with E-state index in [9.17, 15) is 4.79 Å². The fourth-order valence-electron chi connectivity index (χ4n) is 1.41. The second-order valence-corrected chi connectivity index (χ2v) is 5.35. The highest BCUT2D eigenvalue weighted by Gasteiger charge is 2.18. The van der Waals surface area contributed by atoms with Crippen LogP contribution in [-0.2, 0) is 6.42 Å². The van der Waals surface area contributed by atoms with Crippen molar-refractivity contribution < 1.29 is 9.90 Å². The normalized spacial score (nSPS) is 10.6. The zero-order chi connectivity index (χ0) is 11.5. The number of aromatic carboxylic acids is 1. The molecule has 16 heavy (non-hydrogen) atoms. The van der Waals surface area contributed by atoms with Crippen LogP contribution in [0.2, 0.25) is 0 Å². The van der Waals surface area contributed by atoms with E-state index in [2.05, 4.69) is 11.9 Å². The molecule has 1 N–H and O–H groups in total. The molecule has 2 rings (SSSR count). The molecule has 0 fully saturated rings. The van der Waals surface area contributed by atoms with Crippen LogP contribution in [-0.4, -0.2) is 16.1 Å². The minimum absolute atomic E-state index is 0.353. The summed E-state index contributed by atoms with van der Waals surface area (Å²) in [5, 5.41) is 12.0. The Morgan fingerprint density at radius 3 is 2.94 bits per heavy atom. The molecule has 2 aromatic heterocycles. The van der Waals surface area contributed by atoms with Crippen molar-refractivity contribution in [3.63, 3.8) is 0 Å². The number of hydrogen-bond acceptors (Lipinski definition) is 4. The Bertz CT molecular complexity index is 488. The van der Waals surface area contributed by atoms with E-state index in [0.717, 1.165) is 22.7 Å². The molecule has 0 amide bonds. The van der Waals surface area contributed by atoms with Crippen molar-refractivity contribution in [3.05, 3.63) is 27.4 Å². The van der Waals surface area contributed by atoms with Crippen molar-refractivity contribution in [2.24, 2.45) is 0 Å². The number of carboxylic acids is 1. The summed E-state index contributed by atoms with van der Waals surface area (Å²) in [4.78, 5) is 16.8. The lowest BCUT2D eigenvalue weighted by Crippen LogP contribution is -1.94. The molecule has 0 spiro atoms. The Labute approximate surface area is 101 Å². The Morgan fingerprint density at radius 2 is 2.38 bits per heavy atom. The van der Waals surface area contributed by atoms with Crippen molar-refractivity contribution in [1.82, 2.24) is 4.98 Å². The Kier molecular flexibility index (Phi) is 3.36.